The topological polar surface area (TPSA) is 58.6 Å². The highest BCUT2D eigenvalue weighted by molar-refractivity contribution is 6.01. The van der Waals surface area contributed by atoms with Crippen LogP contribution in [0.4, 0.5) is 5.69 Å². The Morgan fingerprint density at radius 2 is 1.84 bits per heavy atom. The predicted octanol–water partition coefficient (Wildman–Crippen LogP) is 3.33. The lowest BCUT2D eigenvalue weighted by atomic mass is 10.1. The lowest BCUT2D eigenvalue weighted by molar-refractivity contribution is -0.119. The smallest absolute Gasteiger partial charge is 0.254 e. The fourth-order valence-electron chi connectivity index (χ4n) is 3.06. The minimum atomic E-state index is -0.431. The zero-order valence-corrected chi connectivity index (χ0v) is 14.3. The van der Waals surface area contributed by atoms with Gasteiger partial charge in [-0.3, -0.25) is 9.59 Å². The molecule has 0 aliphatic carbocycles. The largest absolute Gasteiger partial charge is 0.494 e. The van der Waals surface area contributed by atoms with Gasteiger partial charge in [0.1, 0.15) is 11.8 Å². The maximum Gasteiger partial charge on any atom is 0.254 e. The maximum absolute atomic E-state index is 12.7. The van der Waals surface area contributed by atoms with Crippen LogP contribution in [0.1, 0.15) is 30.1 Å². The van der Waals surface area contributed by atoms with Crippen LogP contribution in [0, 0.1) is 0 Å². The zero-order chi connectivity index (χ0) is 17.6. The van der Waals surface area contributed by atoms with Gasteiger partial charge in [0, 0.05) is 17.8 Å². The van der Waals surface area contributed by atoms with Gasteiger partial charge in [-0.15, -0.1) is 0 Å². The fraction of sp³-hybridized carbons (Fsp3) is 0.300. The van der Waals surface area contributed by atoms with E-state index < -0.39 is 6.04 Å². The highest BCUT2D eigenvalue weighted by Crippen LogP contribution is 2.22. The number of carbonyl (C=O) groups excluding carboxylic acids is 2. The van der Waals surface area contributed by atoms with E-state index in [2.05, 4.69) is 5.32 Å². The molecular formula is C20H22N2O3. The molecule has 0 saturated carbocycles. The molecule has 0 aromatic heterocycles. The monoisotopic (exact) mass is 338 g/mol. The molecule has 2 amide bonds. The van der Waals surface area contributed by atoms with Crippen molar-refractivity contribution in [3.63, 3.8) is 0 Å². The second-order valence-electron chi connectivity index (χ2n) is 5.97. The molecule has 1 fully saturated rings. The summed E-state index contributed by atoms with van der Waals surface area (Å²) < 4.78 is 5.40. The molecule has 130 valence electrons. The molecule has 5 nitrogen and oxygen atoms in total. The SMILES string of the molecule is CCOc1ccc(NC(=O)[C@@H]2CCCN2C(=O)c2ccccc2)cc1. The van der Waals surface area contributed by atoms with E-state index in [0.717, 1.165) is 12.2 Å². The number of hydrogen-bond acceptors (Lipinski definition) is 3. The van der Waals surface area contributed by atoms with Crippen LogP contribution in [-0.2, 0) is 4.79 Å². The third kappa shape index (κ3) is 3.99. The summed E-state index contributed by atoms with van der Waals surface area (Å²) in [6.45, 7) is 3.13. The van der Waals surface area contributed by atoms with Crippen molar-refractivity contribution in [3.8, 4) is 5.75 Å². The molecule has 0 unspecified atom stereocenters. The highest BCUT2D eigenvalue weighted by Gasteiger charge is 2.34. The third-order valence-electron chi connectivity index (χ3n) is 4.27. The summed E-state index contributed by atoms with van der Waals surface area (Å²) >= 11 is 0. The normalized spacial score (nSPS) is 16.5. The molecular weight excluding hydrogens is 316 g/mol. The van der Waals surface area contributed by atoms with Crippen LogP contribution in [0.3, 0.4) is 0 Å². The van der Waals surface area contributed by atoms with Crippen molar-refractivity contribution < 1.29 is 14.3 Å². The number of anilines is 1. The molecule has 1 heterocycles. The summed E-state index contributed by atoms with van der Waals surface area (Å²) in [6.07, 6.45) is 1.52. The van der Waals surface area contributed by atoms with Crippen molar-refractivity contribution in [2.24, 2.45) is 0 Å². The van der Waals surface area contributed by atoms with Gasteiger partial charge in [-0.25, -0.2) is 0 Å². The molecule has 25 heavy (non-hydrogen) atoms. The van der Waals surface area contributed by atoms with Crippen LogP contribution in [-0.4, -0.2) is 35.9 Å². The maximum atomic E-state index is 12.7. The van der Waals surface area contributed by atoms with Crippen LogP contribution in [0.15, 0.2) is 54.6 Å². The molecule has 1 aliphatic rings. The lowest BCUT2D eigenvalue weighted by Crippen LogP contribution is -2.43. The summed E-state index contributed by atoms with van der Waals surface area (Å²) in [6, 6.07) is 15.9. The Morgan fingerprint density at radius 1 is 1.12 bits per heavy atom. The van der Waals surface area contributed by atoms with E-state index in [9.17, 15) is 9.59 Å². The first kappa shape index (κ1) is 17.0. The Morgan fingerprint density at radius 3 is 2.52 bits per heavy atom. The second-order valence-corrected chi connectivity index (χ2v) is 5.97. The van der Waals surface area contributed by atoms with Gasteiger partial charge < -0.3 is 15.0 Å². The number of likely N-dealkylation sites (tertiary alicyclic amines) is 1. The van der Waals surface area contributed by atoms with Crippen LogP contribution in [0.5, 0.6) is 5.75 Å². The van der Waals surface area contributed by atoms with Crippen LogP contribution < -0.4 is 10.1 Å². The number of nitrogens with one attached hydrogen (secondary N) is 1. The van der Waals surface area contributed by atoms with Gasteiger partial charge in [0.2, 0.25) is 5.91 Å². The van der Waals surface area contributed by atoms with Gasteiger partial charge >= 0.3 is 0 Å². The molecule has 2 aromatic carbocycles. The van der Waals surface area contributed by atoms with Gasteiger partial charge in [0.05, 0.1) is 6.61 Å². The zero-order valence-electron chi connectivity index (χ0n) is 14.3. The second kappa shape index (κ2) is 7.83. The van der Waals surface area contributed by atoms with E-state index in [0.29, 0.717) is 30.8 Å². The van der Waals surface area contributed by atoms with E-state index in [4.69, 9.17) is 4.74 Å². The first-order valence-corrected chi connectivity index (χ1v) is 8.59. The number of ether oxygens (including phenoxy) is 1. The van der Waals surface area contributed by atoms with Crippen molar-refractivity contribution in [2.45, 2.75) is 25.8 Å². The van der Waals surface area contributed by atoms with Gasteiger partial charge in [0.25, 0.3) is 5.91 Å². The van der Waals surface area contributed by atoms with Crippen molar-refractivity contribution in [1.82, 2.24) is 4.90 Å². The predicted molar refractivity (Wildman–Crippen MR) is 96.7 cm³/mol. The number of nitrogens with zero attached hydrogens (tertiary/aromatic N) is 1. The molecule has 0 bridgehead atoms. The van der Waals surface area contributed by atoms with Crippen molar-refractivity contribution >= 4 is 17.5 Å². The molecule has 1 atom stereocenters. The summed E-state index contributed by atoms with van der Waals surface area (Å²) in [5.74, 6) is 0.526. The standard InChI is InChI=1S/C20H22N2O3/c1-2-25-17-12-10-16(11-13-17)21-19(23)18-9-6-14-22(18)20(24)15-7-4-3-5-8-15/h3-5,7-8,10-13,18H,2,6,9,14H2,1H3,(H,21,23)/t18-/m0/s1. The average molecular weight is 338 g/mol. The summed E-state index contributed by atoms with van der Waals surface area (Å²) in [5, 5.41) is 2.90. The molecule has 5 heteroatoms. The number of amides is 2. The first-order chi connectivity index (χ1) is 12.2. The molecule has 1 N–H and O–H groups in total. The van der Waals surface area contributed by atoms with E-state index >= 15 is 0 Å². The van der Waals surface area contributed by atoms with Gasteiger partial charge in [0.15, 0.2) is 0 Å². The Hall–Kier alpha value is -2.82. The molecule has 2 aromatic rings. The Bertz CT molecular complexity index is 728. The number of rotatable bonds is 5. The van der Waals surface area contributed by atoms with Crippen LogP contribution >= 0.6 is 0 Å². The summed E-state index contributed by atoms with van der Waals surface area (Å²) in [5.41, 5.74) is 1.32. The summed E-state index contributed by atoms with van der Waals surface area (Å²) in [7, 11) is 0. The lowest BCUT2D eigenvalue weighted by Gasteiger charge is -2.24. The average Bonchev–Trinajstić information content (AvgIpc) is 3.13. The van der Waals surface area contributed by atoms with E-state index in [-0.39, 0.29) is 11.8 Å². The Kier molecular flexibility index (Phi) is 5.33. The quantitative estimate of drug-likeness (QED) is 0.910. The molecule has 0 spiro atoms. The van der Waals surface area contributed by atoms with Crippen molar-refractivity contribution in [1.29, 1.82) is 0 Å². The van der Waals surface area contributed by atoms with Gasteiger partial charge in [-0.05, 0) is 56.2 Å². The Balaban J connectivity index is 1.67. The molecule has 0 radical (unpaired) electrons. The van der Waals surface area contributed by atoms with E-state index in [1.807, 2.05) is 37.3 Å². The molecule has 1 saturated heterocycles. The van der Waals surface area contributed by atoms with Gasteiger partial charge in [-0.1, -0.05) is 18.2 Å². The first-order valence-electron chi connectivity index (χ1n) is 8.59. The molecule has 1 aliphatic heterocycles. The minimum Gasteiger partial charge on any atom is -0.494 e. The summed E-state index contributed by atoms with van der Waals surface area (Å²) in [4.78, 5) is 27.0. The van der Waals surface area contributed by atoms with Crippen LogP contribution in [0.2, 0.25) is 0 Å². The number of hydrogen-bond donors (Lipinski definition) is 1. The van der Waals surface area contributed by atoms with Crippen LogP contribution in [0.25, 0.3) is 0 Å². The minimum absolute atomic E-state index is 0.0926. The van der Waals surface area contributed by atoms with Gasteiger partial charge in [-0.2, -0.15) is 0 Å². The third-order valence-corrected chi connectivity index (χ3v) is 4.27. The van der Waals surface area contributed by atoms with E-state index in [1.54, 1.807) is 29.2 Å². The molecule has 3 rings (SSSR count). The Labute approximate surface area is 147 Å². The number of benzene rings is 2. The van der Waals surface area contributed by atoms with Crippen molar-refractivity contribution in [2.75, 3.05) is 18.5 Å². The highest BCUT2D eigenvalue weighted by atomic mass is 16.5. The number of carbonyl (C=O) groups is 2. The van der Waals surface area contributed by atoms with Crippen molar-refractivity contribution in [3.05, 3.63) is 60.2 Å². The van der Waals surface area contributed by atoms with E-state index in [1.165, 1.54) is 0 Å². The fourth-order valence-corrected chi connectivity index (χ4v) is 3.06.